The average molecular weight is 577 g/mol. The van der Waals surface area contributed by atoms with Gasteiger partial charge in [0.15, 0.2) is 5.82 Å². The van der Waals surface area contributed by atoms with Crippen LogP contribution in [-0.4, -0.2) is 71.5 Å². The van der Waals surface area contributed by atoms with E-state index in [0.29, 0.717) is 18.1 Å². The Morgan fingerprint density at radius 3 is 2.60 bits per heavy atom. The summed E-state index contributed by atoms with van der Waals surface area (Å²) in [6.07, 6.45) is 6.47. The van der Waals surface area contributed by atoms with Gasteiger partial charge in [-0.25, -0.2) is 4.98 Å². The molecule has 0 aliphatic carbocycles. The van der Waals surface area contributed by atoms with Crippen molar-refractivity contribution in [3.8, 4) is 11.8 Å². The predicted octanol–water partition coefficient (Wildman–Crippen LogP) is 3.91. The first-order chi connectivity index (χ1) is 20.0. The minimum Gasteiger partial charge on any atom is -0.756 e. The molecule has 1 aliphatic rings. The number of hydrogen-bond acceptors (Lipinski definition) is 10. The van der Waals surface area contributed by atoms with Gasteiger partial charge >= 0.3 is 0 Å². The largest absolute Gasteiger partial charge is 0.756 e. The fourth-order valence-electron chi connectivity index (χ4n) is 4.18. The maximum atomic E-state index is 12.4. The van der Waals surface area contributed by atoms with Crippen molar-refractivity contribution >= 4 is 17.6 Å². The molecule has 1 atom stereocenters. The van der Waals surface area contributed by atoms with Crippen LogP contribution in [0.1, 0.15) is 57.0 Å². The normalized spacial score (nSPS) is 15.8. The topological polar surface area (TPSA) is 130 Å². The zero-order valence-corrected chi connectivity index (χ0v) is 25.2. The molecule has 0 amide bonds. The Balaban J connectivity index is 1.25. The van der Waals surface area contributed by atoms with Crippen LogP contribution in [0.25, 0.3) is 6.08 Å². The second-order valence-electron chi connectivity index (χ2n) is 11.6. The van der Waals surface area contributed by atoms with Gasteiger partial charge in [0.05, 0.1) is 26.5 Å². The van der Waals surface area contributed by atoms with Crippen molar-refractivity contribution in [1.82, 2.24) is 19.6 Å². The van der Waals surface area contributed by atoms with Crippen LogP contribution in [0.3, 0.4) is 0 Å². The number of hydrogen-bond donors (Lipinski definition) is 2. The fraction of sp³-hybridized carbons (Fsp3) is 0.484. The van der Waals surface area contributed by atoms with Gasteiger partial charge in [0.1, 0.15) is 23.0 Å². The maximum absolute atomic E-state index is 12.4. The summed E-state index contributed by atoms with van der Waals surface area (Å²) in [5.74, 6) is 7.88. The van der Waals surface area contributed by atoms with E-state index < -0.39 is 5.72 Å². The summed E-state index contributed by atoms with van der Waals surface area (Å²) < 4.78 is 18.5. The number of aromatic nitrogens is 3. The summed E-state index contributed by atoms with van der Waals surface area (Å²) in [6, 6.07) is 9.19. The predicted molar refractivity (Wildman–Crippen MR) is 165 cm³/mol. The quantitative estimate of drug-likeness (QED) is 0.150. The molecule has 11 heteroatoms. The molecular weight excluding hydrogens is 534 g/mol. The maximum Gasteiger partial charge on any atom is 0.162 e. The van der Waals surface area contributed by atoms with Crippen molar-refractivity contribution in [2.45, 2.75) is 45.3 Å². The summed E-state index contributed by atoms with van der Waals surface area (Å²) in [5, 5.41) is 20.1. The lowest BCUT2D eigenvalue weighted by atomic mass is 9.93. The number of hydroxylamine groups is 1. The molecule has 1 aromatic carbocycles. The average Bonchev–Trinajstić information content (AvgIpc) is 3.60. The van der Waals surface area contributed by atoms with Crippen LogP contribution in [0.2, 0.25) is 0 Å². The van der Waals surface area contributed by atoms with Crippen molar-refractivity contribution in [2.75, 3.05) is 56.5 Å². The molecule has 1 unspecified atom stereocenters. The van der Waals surface area contributed by atoms with Gasteiger partial charge in [0, 0.05) is 55.6 Å². The Labute approximate surface area is 248 Å². The highest BCUT2D eigenvalue weighted by Crippen LogP contribution is 2.25. The number of imidazole rings is 1. The molecule has 11 nitrogen and oxygen atoms in total. The van der Waals surface area contributed by atoms with Gasteiger partial charge in [-0.3, -0.25) is 4.90 Å². The molecule has 1 fully saturated rings. The van der Waals surface area contributed by atoms with E-state index in [1.54, 1.807) is 6.07 Å². The number of ether oxygens (including phenoxy) is 2. The molecule has 0 radical (unpaired) electrons. The number of anilines is 2. The van der Waals surface area contributed by atoms with E-state index in [1.807, 2.05) is 81.9 Å². The van der Waals surface area contributed by atoms with Gasteiger partial charge in [-0.2, -0.15) is 0 Å². The zero-order valence-electron chi connectivity index (χ0n) is 25.2. The van der Waals surface area contributed by atoms with Crippen molar-refractivity contribution in [1.29, 1.82) is 0 Å². The molecule has 1 aliphatic heterocycles. The molecule has 0 spiro atoms. The summed E-state index contributed by atoms with van der Waals surface area (Å²) in [5.41, 5.74) is 7.49. The van der Waals surface area contributed by atoms with Crippen LogP contribution < -0.4 is 16.1 Å². The molecule has 1 saturated heterocycles. The van der Waals surface area contributed by atoms with Crippen LogP contribution in [0.15, 0.2) is 47.1 Å². The smallest absolute Gasteiger partial charge is 0.162 e. The molecule has 3 N–H and O–H groups in total. The van der Waals surface area contributed by atoms with Crippen LogP contribution in [0.5, 0.6) is 0 Å². The van der Waals surface area contributed by atoms with Gasteiger partial charge in [-0.1, -0.05) is 31.8 Å². The van der Waals surface area contributed by atoms with E-state index >= 15 is 0 Å². The van der Waals surface area contributed by atoms with E-state index in [4.69, 9.17) is 19.7 Å². The van der Waals surface area contributed by atoms with E-state index in [9.17, 15) is 5.21 Å². The lowest BCUT2D eigenvalue weighted by Gasteiger charge is -2.27. The molecule has 0 saturated carbocycles. The number of morpholine rings is 1. The van der Waals surface area contributed by atoms with Crippen molar-refractivity contribution in [2.24, 2.45) is 12.8 Å². The summed E-state index contributed by atoms with van der Waals surface area (Å²) in [6.45, 7) is 13.0. The minimum atomic E-state index is -0.897. The van der Waals surface area contributed by atoms with Crippen LogP contribution >= 0.6 is 0 Å². The SMILES string of the molecule is Cn1cc(C#Cc2ccc(NCN([O-])c3cc(C(C)(C)C)on3)cc2)nc1/C=C\C(C)(N)OCCCN1CCOCC1. The number of nitrogens with zero attached hydrogens (tertiary/aromatic N) is 5. The number of nitrogens with two attached hydrogens (primary N) is 1. The van der Waals surface area contributed by atoms with E-state index in [2.05, 4.69) is 32.2 Å². The zero-order chi connectivity index (χ0) is 30.2. The number of nitrogens with one attached hydrogen (secondary N) is 1. The highest BCUT2D eigenvalue weighted by Gasteiger charge is 2.20. The molecule has 0 bridgehead atoms. The number of benzene rings is 1. The first kappa shape index (κ1) is 31.3. The van der Waals surface area contributed by atoms with Gasteiger partial charge in [-0.15, -0.1) is 0 Å². The Morgan fingerprint density at radius 2 is 1.90 bits per heavy atom. The molecule has 2 aromatic heterocycles. The van der Waals surface area contributed by atoms with E-state index in [-0.39, 0.29) is 17.9 Å². The summed E-state index contributed by atoms with van der Waals surface area (Å²) in [7, 11) is 1.91. The second kappa shape index (κ2) is 14.0. The van der Waals surface area contributed by atoms with Gasteiger partial charge in [0.25, 0.3) is 0 Å². The summed E-state index contributed by atoms with van der Waals surface area (Å²) >= 11 is 0. The Morgan fingerprint density at radius 1 is 1.17 bits per heavy atom. The van der Waals surface area contributed by atoms with Gasteiger partial charge in [-0.05, 0) is 55.7 Å². The van der Waals surface area contributed by atoms with Crippen LogP contribution in [-0.2, 0) is 21.9 Å². The third-order valence-corrected chi connectivity index (χ3v) is 6.75. The second-order valence-corrected chi connectivity index (χ2v) is 11.6. The first-order valence-corrected chi connectivity index (χ1v) is 14.2. The molecule has 4 rings (SSSR count). The van der Waals surface area contributed by atoms with E-state index in [0.717, 1.165) is 61.4 Å². The highest BCUT2D eigenvalue weighted by atomic mass is 16.5. The van der Waals surface area contributed by atoms with Crippen LogP contribution in [0, 0.1) is 17.0 Å². The van der Waals surface area contributed by atoms with Gasteiger partial charge < -0.3 is 39.9 Å². The third kappa shape index (κ3) is 9.44. The van der Waals surface area contributed by atoms with E-state index in [1.165, 1.54) is 0 Å². The molecule has 42 heavy (non-hydrogen) atoms. The number of rotatable bonds is 11. The van der Waals surface area contributed by atoms with Crippen LogP contribution in [0.4, 0.5) is 11.5 Å². The fourth-order valence-corrected chi connectivity index (χ4v) is 4.18. The van der Waals surface area contributed by atoms with Crippen molar-refractivity contribution < 1.29 is 14.0 Å². The van der Waals surface area contributed by atoms with Gasteiger partial charge in [0.2, 0.25) is 0 Å². The molecular formula is C31H42N7O4-. The minimum absolute atomic E-state index is 0.0344. The van der Waals surface area contributed by atoms with Crippen molar-refractivity contribution in [3.63, 3.8) is 0 Å². The third-order valence-electron chi connectivity index (χ3n) is 6.75. The first-order valence-electron chi connectivity index (χ1n) is 14.2. The molecule has 226 valence electrons. The molecule has 3 heterocycles. The summed E-state index contributed by atoms with van der Waals surface area (Å²) in [4.78, 5) is 6.98. The monoisotopic (exact) mass is 576 g/mol. The highest BCUT2D eigenvalue weighted by molar-refractivity contribution is 5.52. The lowest BCUT2D eigenvalue weighted by molar-refractivity contribution is -0.00243. The number of aryl methyl sites for hydroxylation is 1. The lowest BCUT2D eigenvalue weighted by Crippen LogP contribution is -2.39. The Bertz CT molecular complexity index is 1370. The molecule has 3 aromatic rings. The Kier molecular flexibility index (Phi) is 10.4. The Hall–Kier alpha value is -3.66. The van der Waals surface area contributed by atoms with Crippen molar-refractivity contribution in [3.05, 3.63) is 70.7 Å². The standard InChI is InChI=1S/C31H42N7O4/c1-30(2,3)27-21-29(35-42-27)38(39)23-33-25-10-7-24(8-11-25)9-12-26-22-36(5)28(34-26)13-14-31(4,32)41-18-6-15-37-16-19-40-20-17-37/h7-8,10-11,13-14,21-22,33H,6,15-20,23,32H2,1-5H3/q-1/b14-13-.